The van der Waals surface area contributed by atoms with E-state index < -0.39 is 0 Å². The first-order valence-electron chi connectivity index (χ1n) is 6.57. The number of hydrogen-bond acceptors (Lipinski definition) is 4. The van der Waals surface area contributed by atoms with Crippen LogP contribution >= 0.6 is 11.6 Å². The average molecular weight is 269 g/mol. The zero-order valence-corrected chi connectivity index (χ0v) is 11.7. The standard InChI is InChI=1S/C13H21ClN4/c1-2-5-17-6-8-18(9-7-17)13-12(14)11(10-15)3-4-16-13/h3-4H,2,5-10,15H2,1H3. The van der Waals surface area contributed by atoms with Gasteiger partial charge in [-0.2, -0.15) is 0 Å². The Morgan fingerprint density at radius 3 is 2.67 bits per heavy atom. The topological polar surface area (TPSA) is 45.4 Å². The Balaban J connectivity index is 2.05. The second-order valence-corrected chi connectivity index (χ2v) is 5.02. The van der Waals surface area contributed by atoms with E-state index in [9.17, 15) is 0 Å². The van der Waals surface area contributed by atoms with Crippen LogP contribution in [-0.4, -0.2) is 42.6 Å². The molecule has 0 atom stereocenters. The molecule has 4 nitrogen and oxygen atoms in total. The molecule has 1 aliphatic heterocycles. The molecule has 2 heterocycles. The lowest BCUT2D eigenvalue weighted by Gasteiger charge is -2.35. The summed E-state index contributed by atoms with van der Waals surface area (Å²) >= 11 is 6.34. The Bertz CT molecular complexity index is 389. The van der Waals surface area contributed by atoms with Gasteiger partial charge in [-0.1, -0.05) is 18.5 Å². The number of rotatable bonds is 4. The number of pyridine rings is 1. The molecule has 2 N–H and O–H groups in total. The Kier molecular flexibility index (Phi) is 4.80. The number of piperazine rings is 1. The highest BCUT2D eigenvalue weighted by atomic mass is 35.5. The number of anilines is 1. The predicted molar refractivity (Wildman–Crippen MR) is 76.1 cm³/mol. The molecule has 0 aliphatic carbocycles. The summed E-state index contributed by atoms with van der Waals surface area (Å²) in [6.45, 7) is 8.00. The maximum absolute atomic E-state index is 6.34. The maximum atomic E-state index is 6.34. The van der Waals surface area contributed by atoms with Crippen LogP contribution in [0.2, 0.25) is 5.02 Å². The Morgan fingerprint density at radius 2 is 2.06 bits per heavy atom. The van der Waals surface area contributed by atoms with Crippen molar-refractivity contribution in [1.82, 2.24) is 9.88 Å². The Morgan fingerprint density at radius 1 is 1.33 bits per heavy atom. The monoisotopic (exact) mass is 268 g/mol. The lowest BCUT2D eigenvalue weighted by Crippen LogP contribution is -2.47. The number of nitrogens with zero attached hydrogens (tertiary/aromatic N) is 3. The van der Waals surface area contributed by atoms with Crippen molar-refractivity contribution in [3.63, 3.8) is 0 Å². The zero-order chi connectivity index (χ0) is 13.0. The Hall–Kier alpha value is -0.840. The van der Waals surface area contributed by atoms with E-state index in [2.05, 4.69) is 21.7 Å². The quantitative estimate of drug-likeness (QED) is 0.903. The van der Waals surface area contributed by atoms with Crippen molar-refractivity contribution < 1.29 is 0 Å². The molecule has 5 heteroatoms. The van der Waals surface area contributed by atoms with E-state index in [0.717, 1.165) is 37.6 Å². The van der Waals surface area contributed by atoms with E-state index in [4.69, 9.17) is 17.3 Å². The summed E-state index contributed by atoms with van der Waals surface area (Å²) in [4.78, 5) is 9.14. The van der Waals surface area contributed by atoms with Crippen LogP contribution in [0.15, 0.2) is 12.3 Å². The molecular formula is C13H21ClN4. The minimum atomic E-state index is 0.462. The van der Waals surface area contributed by atoms with Gasteiger partial charge in [0.15, 0.2) is 0 Å². The minimum absolute atomic E-state index is 0.462. The molecular weight excluding hydrogens is 248 g/mol. The van der Waals surface area contributed by atoms with Crippen LogP contribution in [0.1, 0.15) is 18.9 Å². The van der Waals surface area contributed by atoms with Gasteiger partial charge in [0, 0.05) is 38.9 Å². The molecule has 0 unspecified atom stereocenters. The third-order valence-electron chi connectivity index (χ3n) is 3.38. The van der Waals surface area contributed by atoms with E-state index >= 15 is 0 Å². The van der Waals surface area contributed by atoms with Crippen molar-refractivity contribution in [1.29, 1.82) is 0 Å². The van der Waals surface area contributed by atoms with Crippen LogP contribution in [0.5, 0.6) is 0 Å². The van der Waals surface area contributed by atoms with Gasteiger partial charge in [0.2, 0.25) is 0 Å². The van der Waals surface area contributed by atoms with Crippen LogP contribution in [0, 0.1) is 0 Å². The van der Waals surface area contributed by atoms with E-state index in [0.29, 0.717) is 11.6 Å². The molecule has 0 radical (unpaired) electrons. The van der Waals surface area contributed by atoms with Gasteiger partial charge in [0.1, 0.15) is 5.82 Å². The van der Waals surface area contributed by atoms with Gasteiger partial charge in [-0.15, -0.1) is 0 Å². The third kappa shape index (κ3) is 2.94. The van der Waals surface area contributed by atoms with Crippen molar-refractivity contribution >= 4 is 17.4 Å². The predicted octanol–water partition coefficient (Wildman–Crippen LogP) is 1.73. The summed E-state index contributed by atoms with van der Waals surface area (Å²) in [5.41, 5.74) is 6.64. The molecule has 0 amide bonds. The molecule has 1 fully saturated rings. The summed E-state index contributed by atoms with van der Waals surface area (Å²) in [5, 5.41) is 0.712. The first-order chi connectivity index (χ1) is 8.76. The minimum Gasteiger partial charge on any atom is -0.353 e. The maximum Gasteiger partial charge on any atom is 0.147 e. The summed E-state index contributed by atoms with van der Waals surface area (Å²) in [5.74, 6) is 0.885. The van der Waals surface area contributed by atoms with Crippen LogP contribution in [0.3, 0.4) is 0 Å². The summed E-state index contributed by atoms with van der Waals surface area (Å²) < 4.78 is 0. The molecule has 0 spiro atoms. The van der Waals surface area contributed by atoms with E-state index in [1.807, 2.05) is 6.07 Å². The molecule has 2 rings (SSSR count). The summed E-state index contributed by atoms with van der Waals surface area (Å²) in [6.07, 6.45) is 3.00. The molecule has 1 aliphatic rings. The average Bonchev–Trinajstić information content (AvgIpc) is 2.41. The molecule has 100 valence electrons. The Labute approximate surface area is 114 Å². The van der Waals surface area contributed by atoms with E-state index in [1.54, 1.807) is 6.20 Å². The van der Waals surface area contributed by atoms with Crippen LogP contribution in [-0.2, 0) is 6.54 Å². The number of halogens is 1. The van der Waals surface area contributed by atoms with Crippen LogP contribution in [0.4, 0.5) is 5.82 Å². The lowest BCUT2D eigenvalue weighted by atomic mass is 10.2. The van der Waals surface area contributed by atoms with Gasteiger partial charge in [-0.3, -0.25) is 4.90 Å². The molecule has 0 saturated carbocycles. The third-order valence-corrected chi connectivity index (χ3v) is 3.79. The summed E-state index contributed by atoms with van der Waals surface area (Å²) in [7, 11) is 0. The highest BCUT2D eigenvalue weighted by molar-refractivity contribution is 6.33. The zero-order valence-electron chi connectivity index (χ0n) is 10.9. The molecule has 1 aromatic rings. The fourth-order valence-corrected chi connectivity index (χ4v) is 2.66. The van der Waals surface area contributed by atoms with Gasteiger partial charge in [-0.05, 0) is 24.6 Å². The lowest BCUT2D eigenvalue weighted by molar-refractivity contribution is 0.258. The second-order valence-electron chi connectivity index (χ2n) is 4.64. The van der Waals surface area contributed by atoms with E-state index in [1.165, 1.54) is 13.0 Å². The van der Waals surface area contributed by atoms with Crippen molar-refractivity contribution in [3.05, 3.63) is 22.8 Å². The fraction of sp³-hybridized carbons (Fsp3) is 0.615. The van der Waals surface area contributed by atoms with Crippen molar-refractivity contribution in [3.8, 4) is 0 Å². The molecule has 0 bridgehead atoms. The molecule has 0 aromatic carbocycles. The number of nitrogens with two attached hydrogens (primary N) is 1. The van der Waals surface area contributed by atoms with E-state index in [-0.39, 0.29) is 0 Å². The van der Waals surface area contributed by atoms with Gasteiger partial charge >= 0.3 is 0 Å². The SMILES string of the molecule is CCCN1CCN(c2nccc(CN)c2Cl)CC1. The second kappa shape index (κ2) is 6.36. The summed E-state index contributed by atoms with van der Waals surface area (Å²) in [6, 6.07) is 1.89. The molecule has 18 heavy (non-hydrogen) atoms. The number of aromatic nitrogens is 1. The van der Waals surface area contributed by atoms with Gasteiger partial charge in [0.25, 0.3) is 0 Å². The molecule has 1 saturated heterocycles. The highest BCUT2D eigenvalue weighted by Crippen LogP contribution is 2.27. The first-order valence-corrected chi connectivity index (χ1v) is 6.94. The molecule has 1 aromatic heterocycles. The van der Waals surface area contributed by atoms with Gasteiger partial charge < -0.3 is 10.6 Å². The first kappa shape index (κ1) is 13.6. The number of hydrogen-bond donors (Lipinski definition) is 1. The van der Waals surface area contributed by atoms with Crippen molar-refractivity contribution in [2.75, 3.05) is 37.6 Å². The van der Waals surface area contributed by atoms with Crippen molar-refractivity contribution in [2.24, 2.45) is 5.73 Å². The van der Waals surface area contributed by atoms with Crippen molar-refractivity contribution in [2.45, 2.75) is 19.9 Å². The normalized spacial score (nSPS) is 17.2. The van der Waals surface area contributed by atoms with Gasteiger partial charge in [0.05, 0.1) is 5.02 Å². The smallest absolute Gasteiger partial charge is 0.147 e. The van der Waals surface area contributed by atoms with Crippen LogP contribution in [0.25, 0.3) is 0 Å². The largest absolute Gasteiger partial charge is 0.353 e. The van der Waals surface area contributed by atoms with Gasteiger partial charge in [-0.25, -0.2) is 4.98 Å². The van der Waals surface area contributed by atoms with Crippen LogP contribution < -0.4 is 10.6 Å². The fourth-order valence-electron chi connectivity index (χ4n) is 2.35. The highest BCUT2D eigenvalue weighted by Gasteiger charge is 2.20.